The quantitative estimate of drug-likeness (QED) is 0.715. The van der Waals surface area contributed by atoms with E-state index in [-0.39, 0.29) is 12.6 Å². The molecule has 4 heteroatoms. The van der Waals surface area contributed by atoms with E-state index >= 15 is 0 Å². The molecular formula is C9H13N3O. The van der Waals surface area contributed by atoms with E-state index in [1.54, 1.807) is 18.5 Å². The van der Waals surface area contributed by atoms with Crippen LogP contribution in [-0.2, 0) is 0 Å². The first kappa shape index (κ1) is 8.44. The summed E-state index contributed by atoms with van der Waals surface area (Å²) >= 11 is 0. The fourth-order valence-corrected chi connectivity index (χ4v) is 1.73. The molecule has 0 spiro atoms. The molecule has 0 aromatic carbocycles. The van der Waals surface area contributed by atoms with Crippen LogP contribution in [-0.4, -0.2) is 34.3 Å². The van der Waals surface area contributed by atoms with E-state index < -0.39 is 0 Å². The van der Waals surface area contributed by atoms with Gasteiger partial charge in [-0.3, -0.25) is 0 Å². The smallest absolute Gasteiger partial charge is 0.225 e. The normalized spacial score (nSPS) is 22.2. The van der Waals surface area contributed by atoms with Crippen molar-refractivity contribution in [3.8, 4) is 0 Å². The number of hydrogen-bond donors (Lipinski definition) is 1. The van der Waals surface area contributed by atoms with Gasteiger partial charge in [-0.05, 0) is 18.9 Å². The Bertz CT molecular complexity index is 265. The van der Waals surface area contributed by atoms with Gasteiger partial charge in [0.1, 0.15) is 0 Å². The lowest BCUT2D eigenvalue weighted by atomic mass is 10.2. The van der Waals surface area contributed by atoms with Gasteiger partial charge in [-0.1, -0.05) is 0 Å². The standard InChI is InChI=1S/C9H13N3O/c13-7-8-3-1-6-12(8)9-10-4-2-5-11-9/h2,4-5,8,13H,1,3,6-7H2/t8-/m1/s1. The number of aliphatic hydroxyl groups excluding tert-OH is 1. The third kappa shape index (κ3) is 1.62. The monoisotopic (exact) mass is 179 g/mol. The van der Waals surface area contributed by atoms with Crippen molar-refractivity contribution in [1.29, 1.82) is 0 Å². The fraction of sp³-hybridized carbons (Fsp3) is 0.556. The number of aromatic nitrogens is 2. The van der Waals surface area contributed by atoms with Crippen LogP contribution in [0, 0.1) is 0 Å². The molecule has 2 rings (SSSR count). The van der Waals surface area contributed by atoms with Crippen LogP contribution in [0.1, 0.15) is 12.8 Å². The van der Waals surface area contributed by atoms with Crippen molar-refractivity contribution in [1.82, 2.24) is 9.97 Å². The van der Waals surface area contributed by atoms with E-state index in [9.17, 15) is 0 Å². The number of nitrogens with zero attached hydrogens (tertiary/aromatic N) is 3. The minimum Gasteiger partial charge on any atom is -0.394 e. The summed E-state index contributed by atoms with van der Waals surface area (Å²) in [5.41, 5.74) is 0. The van der Waals surface area contributed by atoms with Gasteiger partial charge in [0.2, 0.25) is 5.95 Å². The lowest BCUT2D eigenvalue weighted by Gasteiger charge is -2.22. The summed E-state index contributed by atoms with van der Waals surface area (Å²) in [7, 11) is 0. The summed E-state index contributed by atoms with van der Waals surface area (Å²) in [5.74, 6) is 0.735. The molecule has 13 heavy (non-hydrogen) atoms. The van der Waals surface area contributed by atoms with Crippen molar-refractivity contribution in [2.24, 2.45) is 0 Å². The summed E-state index contributed by atoms with van der Waals surface area (Å²) in [6.07, 6.45) is 5.61. The molecule has 0 bridgehead atoms. The topological polar surface area (TPSA) is 49.2 Å². The van der Waals surface area contributed by atoms with E-state index in [0.717, 1.165) is 25.3 Å². The molecule has 1 fully saturated rings. The van der Waals surface area contributed by atoms with E-state index in [4.69, 9.17) is 5.11 Å². The van der Waals surface area contributed by atoms with E-state index in [2.05, 4.69) is 14.9 Å². The first-order valence-corrected chi connectivity index (χ1v) is 4.56. The Morgan fingerprint density at radius 3 is 2.92 bits per heavy atom. The van der Waals surface area contributed by atoms with Gasteiger partial charge in [0.05, 0.1) is 12.6 Å². The molecule has 1 saturated heterocycles. The predicted molar refractivity (Wildman–Crippen MR) is 49.5 cm³/mol. The highest BCUT2D eigenvalue weighted by Gasteiger charge is 2.25. The zero-order valence-electron chi connectivity index (χ0n) is 7.43. The van der Waals surface area contributed by atoms with Gasteiger partial charge in [0.15, 0.2) is 0 Å². The lowest BCUT2D eigenvalue weighted by molar-refractivity contribution is 0.265. The van der Waals surface area contributed by atoms with Gasteiger partial charge >= 0.3 is 0 Å². The average molecular weight is 179 g/mol. The van der Waals surface area contributed by atoms with Crippen LogP contribution in [0.3, 0.4) is 0 Å². The van der Waals surface area contributed by atoms with Crippen molar-refractivity contribution >= 4 is 5.95 Å². The second kappa shape index (κ2) is 3.70. The summed E-state index contributed by atoms with van der Waals surface area (Å²) in [5, 5.41) is 9.10. The molecule has 4 nitrogen and oxygen atoms in total. The van der Waals surface area contributed by atoms with E-state index in [0.29, 0.717) is 0 Å². The largest absolute Gasteiger partial charge is 0.394 e. The van der Waals surface area contributed by atoms with Crippen LogP contribution < -0.4 is 4.90 Å². The van der Waals surface area contributed by atoms with Crippen molar-refractivity contribution < 1.29 is 5.11 Å². The molecule has 0 saturated carbocycles. The molecule has 0 radical (unpaired) electrons. The van der Waals surface area contributed by atoms with Crippen molar-refractivity contribution in [3.63, 3.8) is 0 Å². The Hall–Kier alpha value is -1.16. The Balaban J connectivity index is 2.16. The lowest BCUT2D eigenvalue weighted by Crippen LogP contribution is -2.33. The molecule has 0 aliphatic carbocycles. The molecule has 0 amide bonds. The Labute approximate surface area is 77.2 Å². The minimum absolute atomic E-state index is 0.193. The summed E-state index contributed by atoms with van der Waals surface area (Å²) in [6, 6.07) is 2.01. The molecule has 1 aromatic rings. The Morgan fingerprint density at radius 2 is 2.23 bits per heavy atom. The van der Waals surface area contributed by atoms with Crippen LogP contribution in [0.2, 0.25) is 0 Å². The predicted octanol–water partition coefficient (Wildman–Crippen LogP) is 0.438. The van der Waals surface area contributed by atoms with Crippen molar-refractivity contribution in [2.45, 2.75) is 18.9 Å². The molecule has 1 atom stereocenters. The number of aliphatic hydroxyl groups is 1. The fourth-order valence-electron chi connectivity index (χ4n) is 1.73. The first-order valence-electron chi connectivity index (χ1n) is 4.56. The summed E-state index contributed by atoms with van der Waals surface area (Å²) in [4.78, 5) is 10.4. The zero-order valence-corrected chi connectivity index (χ0v) is 7.43. The maximum Gasteiger partial charge on any atom is 0.225 e. The van der Waals surface area contributed by atoms with Gasteiger partial charge in [-0.25, -0.2) is 9.97 Å². The summed E-state index contributed by atoms with van der Waals surface area (Å²) < 4.78 is 0. The van der Waals surface area contributed by atoms with E-state index in [1.807, 2.05) is 0 Å². The van der Waals surface area contributed by atoms with Crippen molar-refractivity contribution in [2.75, 3.05) is 18.1 Å². The van der Waals surface area contributed by atoms with E-state index in [1.165, 1.54) is 0 Å². The van der Waals surface area contributed by atoms with Gasteiger partial charge in [0, 0.05) is 18.9 Å². The number of hydrogen-bond acceptors (Lipinski definition) is 4. The average Bonchev–Trinajstić information content (AvgIpc) is 2.67. The van der Waals surface area contributed by atoms with Gasteiger partial charge in [-0.15, -0.1) is 0 Å². The molecule has 1 N–H and O–H groups in total. The first-order chi connectivity index (χ1) is 6.42. The van der Waals surface area contributed by atoms with Gasteiger partial charge in [-0.2, -0.15) is 0 Å². The second-order valence-electron chi connectivity index (χ2n) is 3.22. The Morgan fingerprint density at radius 1 is 1.46 bits per heavy atom. The highest BCUT2D eigenvalue weighted by Crippen LogP contribution is 2.20. The second-order valence-corrected chi connectivity index (χ2v) is 3.22. The molecule has 1 aliphatic heterocycles. The summed E-state index contributed by atoms with van der Waals surface area (Å²) in [6.45, 7) is 1.15. The SMILES string of the molecule is OC[C@H]1CCCN1c1ncccn1. The van der Waals surface area contributed by atoms with Crippen LogP contribution >= 0.6 is 0 Å². The van der Waals surface area contributed by atoms with Crippen LogP contribution in [0.25, 0.3) is 0 Å². The maximum absolute atomic E-state index is 9.10. The van der Waals surface area contributed by atoms with Crippen LogP contribution in [0.15, 0.2) is 18.5 Å². The Kier molecular flexibility index (Phi) is 2.40. The van der Waals surface area contributed by atoms with Crippen LogP contribution in [0.4, 0.5) is 5.95 Å². The number of rotatable bonds is 2. The minimum atomic E-state index is 0.193. The van der Waals surface area contributed by atoms with Gasteiger partial charge in [0.25, 0.3) is 0 Å². The van der Waals surface area contributed by atoms with Gasteiger partial charge < -0.3 is 10.0 Å². The molecule has 70 valence electrons. The van der Waals surface area contributed by atoms with Crippen molar-refractivity contribution in [3.05, 3.63) is 18.5 Å². The highest BCUT2D eigenvalue weighted by molar-refractivity contribution is 5.32. The molecular weight excluding hydrogens is 166 g/mol. The molecule has 2 heterocycles. The third-order valence-electron chi connectivity index (χ3n) is 2.40. The molecule has 1 aromatic heterocycles. The third-order valence-corrected chi connectivity index (χ3v) is 2.40. The molecule has 1 aliphatic rings. The number of anilines is 1. The molecule has 0 unspecified atom stereocenters. The maximum atomic E-state index is 9.10. The highest BCUT2D eigenvalue weighted by atomic mass is 16.3. The zero-order chi connectivity index (χ0) is 9.10. The van der Waals surface area contributed by atoms with Crippen LogP contribution in [0.5, 0.6) is 0 Å².